The van der Waals surface area contributed by atoms with Gasteiger partial charge in [-0.1, -0.05) is 51.1 Å². The van der Waals surface area contributed by atoms with E-state index < -0.39 is 41.9 Å². The fourth-order valence-corrected chi connectivity index (χ4v) is 4.90. The summed E-state index contributed by atoms with van der Waals surface area (Å²) in [5, 5.41) is 24.9. The number of benzene rings is 2. The molecule has 0 aliphatic carbocycles. The molecule has 0 saturated heterocycles. The zero-order valence-corrected chi connectivity index (χ0v) is 23.9. The Morgan fingerprint density at radius 1 is 0.951 bits per heavy atom. The Morgan fingerprint density at radius 3 is 2.00 bits per heavy atom. The van der Waals surface area contributed by atoms with E-state index in [2.05, 4.69) is 10.6 Å². The number of aliphatic carboxylic acids is 2. The summed E-state index contributed by atoms with van der Waals surface area (Å²) in [4.78, 5) is 63.8. The fourth-order valence-electron chi connectivity index (χ4n) is 4.90. The summed E-state index contributed by atoms with van der Waals surface area (Å²) in [5.41, 5.74) is 2.02. The lowest BCUT2D eigenvalue weighted by molar-refractivity contribution is -0.144. The molecule has 3 atom stereocenters. The van der Waals surface area contributed by atoms with Crippen LogP contribution >= 0.6 is 0 Å². The highest BCUT2D eigenvalue weighted by Gasteiger charge is 2.39. The normalized spacial score (nSPS) is 15.8. The van der Waals surface area contributed by atoms with Crippen LogP contribution in [0.3, 0.4) is 0 Å². The van der Waals surface area contributed by atoms with E-state index in [1.165, 1.54) is 18.9 Å². The third-order valence-corrected chi connectivity index (χ3v) is 6.86. The van der Waals surface area contributed by atoms with Gasteiger partial charge in [-0.15, -0.1) is 0 Å². The first-order valence-electron chi connectivity index (χ1n) is 13.3. The first kappa shape index (κ1) is 31.1. The van der Waals surface area contributed by atoms with Crippen LogP contribution in [0.15, 0.2) is 42.5 Å². The molecule has 11 nitrogen and oxygen atoms in total. The van der Waals surface area contributed by atoms with Gasteiger partial charge in [0.05, 0.1) is 7.11 Å². The van der Waals surface area contributed by atoms with E-state index in [1.807, 2.05) is 20.8 Å². The maximum absolute atomic E-state index is 13.4. The van der Waals surface area contributed by atoms with Gasteiger partial charge in [-0.3, -0.25) is 14.4 Å². The number of carbonyl (C=O) groups excluding carboxylic acids is 3. The number of rotatable bonds is 11. The Hall–Kier alpha value is -4.41. The summed E-state index contributed by atoms with van der Waals surface area (Å²) in [5.74, 6) is -3.32. The molecule has 1 heterocycles. The van der Waals surface area contributed by atoms with Crippen molar-refractivity contribution >= 4 is 29.7 Å². The number of ether oxygens (including phenoxy) is 1. The minimum absolute atomic E-state index is 0.0718. The minimum atomic E-state index is -1.36. The van der Waals surface area contributed by atoms with Crippen LogP contribution in [0, 0.1) is 5.41 Å². The highest BCUT2D eigenvalue weighted by molar-refractivity contribution is 5.92. The van der Waals surface area contributed by atoms with Crippen molar-refractivity contribution in [2.24, 2.45) is 5.41 Å². The molecule has 3 amide bonds. The first-order chi connectivity index (χ1) is 19.2. The second kappa shape index (κ2) is 12.8. The van der Waals surface area contributed by atoms with Crippen molar-refractivity contribution in [1.29, 1.82) is 0 Å². The van der Waals surface area contributed by atoms with Crippen LogP contribution in [0.25, 0.3) is 0 Å². The molecule has 220 valence electrons. The van der Waals surface area contributed by atoms with Crippen molar-refractivity contribution in [3.05, 3.63) is 64.7 Å². The highest BCUT2D eigenvalue weighted by atomic mass is 16.5. The summed E-state index contributed by atoms with van der Waals surface area (Å²) in [6, 6.07) is 8.20. The molecule has 1 aliphatic rings. The molecule has 3 unspecified atom stereocenters. The number of amides is 3. The Balaban J connectivity index is 1.81. The van der Waals surface area contributed by atoms with Gasteiger partial charge in [-0.2, -0.15) is 0 Å². The van der Waals surface area contributed by atoms with Gasteiger partial charge < -0.3 is 30.5 Å². The number of nitrogens with one attached hydrogen (secondary N) is 2. The van der Waals surface area contributed by atoms with Gasteiger partial charge in [0.2, 0.25) is 17.7 Å². The van der Waals surface area contributed by atoms with Crippen LogP contribution in [-0.4, -0.2) is 64.0 Å². The van der Waals surface area contributed by atoms with E-state index in [4.69, 9.17) is 4.74 Å². The maximum atomic E-state index is 13.4. The van der Waals surface area contributed by atoms with E-state index in [0.717, 1.165) is 5.56 Å². The Labute approximate surface area is 238 Å². The molecule has 0 aromatic heterocycles. The average Bonchev–Trinajstić information content (AvgIpc) is 3.27. The maximum Gasteiger partial charge on any atom is 0.326 e. The van der Waals surface area contributed by atoms with E-state index >= 15 is 0 Å². The molecule has 0 spiro atoms. The van der Waals surface area contributed by atoms with Gasteiger partial charge in [-0.05, 0) is 39.8 Å². The molecular formula is C30H37N3O8. The van der Waals surface area contributed by atoms with E-state index in [-0.39, 0.29) is 37.1 Å². The van der Waals surface area contributed by atoms with Crippen molar-refractivity contribution in [2.75, 3.05) is 7.11 Å². The second-order valence-corrected chi connectivity index (χ2v) is 11.4. The van der Waals surface area contributed by atoms with Gasteiger partial charge in [0, 0.05) is 32.7 Å². The molecule has 0 bridgehead atoms. The number of carboxylic acids is 2. The number of fused-ring (bicyclic) bond motifs is 1. The van der Waals surface area contributed by atoms with E-state index in [1.54, 1.807) is 42.5 Å². The van der Waals surface area contributed by atoms with Crippen molar-refractivity contribution < 1.29 is 38.9 Å². The largest absolute Gasteiger partial charge is 0.497 e. The molecule has 4 N–H and O–H groups in total. The van der Waals surface area contributed by atoms with Crippen LogP contribution in [0.2, 0.25) is 0 Å². The molecule has 41 heavy (non-hydrogen) atoms. The van der Waals surface area contributed by atoms with Crippen molar-refractivity contribution in [3.63, 3.8) is 0 Å². The van der Waals surface area contributed by atoms with Crippen molar-refractivity contribution in [1.82, 2.24) is 15.5 Å². The van der Waals surface area contributed by atoms with Crippen molar-refractivity contribution in [2.45, 2.75) is 71.6 Å². The van der Waals surface area contributed by atoms with Gasteiger partial charge >= 0.3 is 11.9 Å². The number of nitrogens with zero attached hydrogens (tertiary/aromatic N) is 1. The van der Waals surface area contributed by atoms with Crippen LogP contribution < -0.4 is 15.4 Å². The second-order valence-electron chi connectivity index (χ2n) is 11.4. The molecule has 0 fully saturated rings. The van der Waals surface area contributed by atoms with Gasteiger partial charge in [0.15, 0.2) is 0 Å². The predicted octanol–water partition coefficient (Wildman–Crippen LogP) is 2.46. The Kier molecular flexibility index (Phi) is 9.75. The van der Waals surface area contributed by atoms with Crippen LogP contribution in [0.1, 0.15) is 62.4 Å². The van der Waals surface area contributed by atoms with Crippen LogP contribution in [-0.2, 0) is 43.4 Å². The smallest absolute Gasteiger partial charge is 0.326 e. The molecule has 2 aromatic rings. The Bertz CT molecular complexity index is 1330. The highest BCUT2D eigenvalue weighted by Crippen LogP contribution is 2.36. The SMILES string of the molecule is COc1ccc2c(c1)CN(C(C)=O)C2C(=O)NC(Cc1ccccc1CC(NC(=O)CC(C)(C)C)C(=O)O)C(=O)O. The lowest BCUT2D eigenvalue weighted by Gasteiger charge is -2.25. The molecule has 0 radical (unpaired) electrons. The third-order valence-electron chi connectivity index (χ3n) is 6.86. The van der Waals surface area contributed by atoms with E-state index in [0.29, 0.717) is 22.4 Å². The molecule has 0 saturated carbocycles. The summed E-state index contributed by atoms with van der Waals surface area (Å²) >= 11 is 0. The molecule has 3 rings (SSSR count). The zero-order chi connectivity index (χ0) is 30.5. The molecule has 1 aliphatic heterocycles. The molecule has 2 aromatic carbocycles. The third kappa shape index (κ3) is 8.06. The summed E-state index contributed by atoms with van der Waals surface area (Å²) in [7, 11) is 1.51. The van der Waals surface area contributed by atoms with Crippen LogP contribution in [0.5, 0.6) is 5.75 Å². The van der Waals surface area contributed by atoms with Crippen LogP contribution in [0.4, 0.5) is 0 Å². The fraction of sp³-hybridized carbons (Fsp3) is 0.433. The average molecular weight is 568 g/mol. The number of methoxy groups -OCH3 is 1. The lowest BCUT2D eigenvalue weighted by Crippen LogP contribution is -2.47. The van der Waals surface area contributed by atoms with E-state index in [9.17, 15) is 34.2 Å². The summed E-state index contributed by atoms with van der Waals surface area (Å²) in [6.07, 6.45) is -0.0701. The van der Waals surface area contributed by atoms with Gasteiger partial charge in [0.25, 0.3) is 0 Å². The number of hydrogen-bond acceptors (Lipinski definition) is 6. The topological polar surface area (TPSA) is 162 Å². The Morgan fingerprint density at radius 2 is 1.51 bits per heavy atom. The van der Waals surface area contributed by atoms with Gasteiger partial charge in [-0.25, -0.2) is 9.59 Å². The standard InChI is InChI=1S/C30H37N3O8/c1-17(34)33-16-20-12-21(41-5)10-11-22(20)26(33)27(36)32-24(29(39)40)14-19-9-7-6-8-18(19)13-23(28(37)38)31-25(35)15-30(2,3)4/h6-12,23-24,26H,13-16H2,1-5H3,(H,31,35)(H,32,36)(H,37,38)(H,39,40). The lowest BCUT2D eigenvalue weighted by atomic mass is 9.91. The number of carboxylic acid groups (broad SMARTS) is 2. The first-order valence-corrected chi connectivity index (χ1v) is 13.3. The monoisotopic (exact) mass is 567 g/mol. The molecule has 11 heteroatoms. The summed E-state index contributed by atoms with van der Waals surface area (Å²) in [6.45, 7) is 7.13. The molecular weight excluding hydrogens is 530 g/mol. The van der Waals surface area contributed by atoms with Crippen molar-refractivity contribution in [3.8, 4) is 5.75 Å². The zero-order valence-electron chi connectivity index (χ0n) is 23.9. The summed E-state index contributed by atoms with van der Waals surface area (Å²) < 4.78 is 5.25. The van der Waals surface area contributed by atoms with Gasteiger partial charge in [0.1, 0.15) is 23.9 Å². The number of carbonyl (C=O) groups is 5. The minimum Gasteiger partial charge on any atom is -0.497 e. The predicted molar refractivity (Wildman–Crippen MR) is 149 cm³/mol. The quantitative estimate of drug-likeness (QED) is 0.322. The number of hydrogen-bond donors (Lipinski definition) is 4.